The van der Waals surface area contributed by atoms with Crippen LogP contribution in [-0.2, 0) is 0 Å². The Labute approximate surface area is 159 Å². The van der Waals surface area contributed by atoms with E-state index in [4.69, 9.17) is 0 Å². The van der Waals surface area contributed by atoms with Gasteiger partial charge in [0.1, 0.15) is 5.69 Å². The summed E-state index contributed by atoms with van der Waals surface area (Å²) in [5.74, 6) is -0.0627. The predicted octanol–water partition coefficient (Wildman–Crippen LogP) is 2.58. The summed E-state index contributed by atoms with van der Waals surface area (Å²) in [4.78, 5) is 28.3. The van der Waals surface area contributed by atoms with Gasteiger partial charge in [0.2, 0.25) is 0 Å². The van der Waals surface area contributed by atoms with Crippen LogP contribution in [0.5, 0.6) is 0 Å². The fraction of sp³-hybridized carbons (Fsp3) is 0.611. The van der Waals surface area contributed by atoms with Crippen molar-refractivity contribution in [2.75, 3.05) is 31.1 Å². The number of amides is 1. The van der Waals surface area contributed by atoms with Crippen molar-refractivity contribution in [2.24, 2.45) is 0 Å². The maximum atomic E-state index is 13.1. The number of benzene rings is 1. The number of fused-ring (bicyclic) bond motifs is 2. The van der Waals surface area contributed by atoms with Crippen molar-refractivity contribution >= 4 is 29.7 Å². The molecule has 1 N–H and O–H groups in total. The Kier molecular flexibility index (Phi) is 5.67. The SMILES string of the molecule is Cl.O=C(c1ccc(N2CCCC2)c([N+](=O)[O-])c1)N1C2CCNCC1CC2. The van der Waals surface area contributed by atoms with E-state index in [1.165, 1.54) is 6.07 Å². The van der Waals surface area contributed by atoms with E-state index in [1.54, 1.807) is 12.1 Å². The Morgan fingerprint density at radius 1 is 1.15 bits per heavy atom. The Balaban J connectivity index is 0.00000196. The summed E-state index contributed by atoms with van der Waals surface area (Å²) < 4.78 is 0. The summed E-state index contributed by atoms with van der Waals surface area (Å²) >= 11 is 0. The van der Waals surface area contributed by atoms with E-state index < -0.39 is 0 Å². The summed E-state index contributed by atoms with van der Waals surface area (Å²) in [6.07, 6.45) is 5.11. The van der Waals surface area contributed by atoms with Crippen LogP contribution < -0.4 is 10.2 Å². The molecule has 0 aromatic heterocycles. The van der Waals surface area contributed by atoms with Gasteiger partial charge in [-0.2, -0.15) is 0 Å². The fourth-order valence-electron chi connectivity index (χ4n) is 4.49. The lowest BCUT2D eigenvalue weighted by Gasteiger charge is -2.28. The number of hydrogen-bond donors (Lipinski definition) is 1. The van der Waals surface area contributed by atoms with Crippen molar-refractivity contribution in [1.82, 2.24) is 10.2 Å². The molecule has 3 aliphatic rings. The highest BCUT2D eigenvalue weighted by Gasteiger charge is 2.38. The van der Waals surface area contributed by atoms with Gasteiger partial charge in [0, 0.05) is 43.3 Å². The standard InChI is InChI=1S/C18H24N4O3.ClH/c23-18(21-14-4-5-15(21)12-19-8-7-14)13-3-6-16(17(11-13)22(24)25)20-9-1-2-10-20;/h3,6,11,14-15,19H,1-2,4-5,7-10,12H2;1H. The Hall–Kier alpha value is -1.86. The van der Waals surface area contributed by atoms with E-state index in [-0.39, 0.29) is 41.0 Å². The molecule has 2 atom stereocenters. The second-order valence-corrected chi connectivity index (χ2v) is 7.24. The molecule has 142 valence electrons. The van der Waals surface area contributed by atoms with E-state index in [0.29, 0.717) is 11.3 Å². The number of nitrogens with one attached hydrogen (secondary N) is 1. The molecular weight excluding hydrogens is 356 g/mol. The monoisotopic (exact) mass is 380 g/mol. The maximum Gasteiger partial charge on any atom is 0.293 e. The molecule has 3 aliphatic heterocycles. The number of hydrogen-bond acceptors (Lipinski definition) is 5. The zero-order valence-electron chi connectivity index (χ0n) is 14.7. The minimum atomic E-state index is -0.358. The molecule has 0 radical (unpaired) electrons. The number of nitro groups is 1. The van der Waals surface area contributed by atoms with Crippen molar-refractivity contribution in [3.8, 4) is 0 Å². The van der Waals surface area contributed by atoms with Crippen LogP contribution in [0.4, 0.5) is 11.4 Å². The Morgan fingerprint density at radius 2 is 1.88 bits per heavy atom. The van der Waals surface area contributed by atoms with Crippen LogP contribution in [-0.4, -0.2) is 54.0 Å². The number of carbonyl (C=O) groups is 1. The first-order valence-electron chi connectivity index (χ1n) is 9.22. The van der Waals surface area contributed by atoms with Crippen LogP contribution in [0.1, 0.15) is 42.5 Å². The van der Waals surface area contributed by atoms with Crippen molar-refractivity contribution in [3.63, 3.8) is 0 Å². The molecule has 3 saturated heterocycles. The molecule has 0 aliphatic carbocycles. The highest BCUT2D eigenvalue weighted by atomic mass is 35.5. The molecule has 3 heterocycles. The van der Waals surface area contributed by atoms with Crippen molar-refractivity contribution in [2.45, 2.75) is 44.2 Å². The average molecular weight is 381 g/mol. The summed E-state index contributed by atoms with van der Waals surface area (Å²) in [5, 5.41) is 15.0. The lowest BCUT2D eigenvalue weighted by molar-refractivity contribution is -0.384. The molecule has 7 nitrogen and oxygen atoms in total. The number of anilines is 1. The number of carbonyl (C=O) groups excluding carboxylic acids is 1. The molecule has 2 unspecified atom stereocenters. The van der Waals surface area contributed by atoms with E-state index in [2.05, 4.69) is 5.32 Å². The van der Waals surface area contributed by atoms with Gasteiger partial charge in [-0.3, -0.25) is 14.9 Å². The van der Waals surface area contributed by atoms with E-state index in [1.807, 2.05) is 9.80 Å². The maximum absolute atomic E-state index is 13.1. The largest absolute Gasteiger partial charge is 0.366 e. The van der Waals surface area contributed by atoms with Gasteiger partial charge >= 0.3 is 0 Å². The van der Waals surface area contributed by atoms with Crippen LogP contribution in [0.2, 0.25) is 0 Å². The van der Waals surface area contributed by atoms with Crippen LogP contribution >= 0.6 is 12.4 Å². The molecule has 1 amide bonds. The summed E-state index contributed by atoms with van der Waals surface area (Å²) in [6, 6.07) is 5.46. The Morgan fingerprint density at radius 3 is 2.62 bits per heavy atom. The van der Waals surface area contributed by atoms with Gasteiger partial charge in [-0.05, 0) is 50.8 Å². The van der Waals surface area contributed by atoms with Gasteiger partial charge in [-0.1, -0.05) is 0 Å². The highest BCUT2D eigenvalue weighted by Crippen LogP contribution is 2.34. The molecule has 1 aromatic carbocycles. The van der Waals surface area contributed by atoms with Gasteiger partial charge < -0.3 is 15.1 Å². The first-order valence-corrected chi connectivity index (χ1v) is 9.22. The van der Waals surface area contributed by atoms with Crippen LogP contribution in [0.25, 0.3) is 0 Å². The normalized spacial score (nSPS) is 24.9. The van der Waals surface area contributed by atoms with Crippen LogP contribution in [0, 0.1) is 10.1 Å². The third-order valence-corrected chi connectivity index (χ3v) is 5.75. The first-order chi connectivity index (χ1) is 12.1. The minimum absolute atomic E-state index is 0. The van der Waals surface area contributed by atoms with Gasteiger partial charge in [-0.15, -0.1) is 12.4 Å². The van der Waals surface area contributed by atoms with Crippen LogP contribution in [0.3, 0.4) is 0 Å². The summed E-state index contributed by atoms with van der Waals surface area (Å²) in [5.41, 5.74) is 1.13. The number of nitro benzene ring substituents is 1. The quantitative estimate of drug-likeness (QED) is 0.644. The Bertz CT molecular complexity index is 679. The van der Waals surface area contributed by atoms with Crippen molar-refractivity contribution in [3.05, 3.63) is 33.9 Å². The summed E-state index contributed by atoms with van der Waals surface area (Å²) in [6.45, 7) is 3.43. The topological polar surface area (TPSA) is 78.7 Å². The lowest BCUT2D eigenvalue weighted by atomic mass is 10.1. The molecule has 1 aromatic rings. The third kappa shape index (κ3) is 3.38. The van der Waals surface area contributed by atoms with Gasteiger partial charge in [0.15, 0.2) is 0 Å². The molecule has 3 fully saturated rings. The number of rotatable bonds is 3. The minimum Gasteiger partial charge on any atom is -0.366 e. The average Bonchev–Trinajstić information content (AvgIpc) is 3.21. The van der Waals surface area contributed by atoms with E-state index >= 15 is 0 Å². The first kappa shape index (κ1) is 18.9. The van der Waals surface area contributed by atoms with Gasteiger partial charge in [0.05, 0.1) is 4.92 Å². The van der Waals surface area contributed by atoms with E-state index in [0.717, 1.165) is 58.3 Å². The van der Waals surface area contributed by atoms with Crippen LogP contribution in [0.15, 0.2) is 18.2 Å². The second kappa shape index (κ2) is 7.80. The molecule has 8 heteroatoms. The number of halogens is 1. The van der Waals surface area contributed by atoms with Crippen molar-refractivity contribution in [1.29, 1.82) is 0 Å². The second-order valence-electron chi connectivity index (χ2n) is 7.24. The van der Waals surface area contributed by atoms with Crippen molar-refractivity contribution < 1.29 is 9.72 Å². The molecule has 0 saturated carbocycles. The lowest BCUT2D eigenvalue weighted by Crippen LogP contribution is -2.42. The summed E-state index contributed by atoms with van der Waals surface area (Å²) in [7, 11) is 0. The zero-order chi connectivity index (χ0) is 17.4. The molecule has 0 spiro atoms. The smallest absolute Gasteiger partial charge is 0.293 e. The van der Waals surface area contributed by atoms with Gasteiger partial charge in [0.25, 0.3) is 11.6 Å². The third-order valence-electron chi connectivity index (χ3n) is 5.75. The molecule has 4 rings (SSSR count). The molecule has 2 bridgehead atoms. The van der Waals surface area contributed by atoms with E-state index in [9.17, 15) is 14.9 Å². The number of nitrogens with zero attached hydrogens (tertiary/aromatic N) is 3. The molecular formula is C18H25ClN4O3. The fourth-order valence-corrected chi connectivity index (χ4v) is 4.49. The molecule has 26 heavy (non-hydrogen) atoms. The predicted molar refractivity (Wildman–Crippen MR) is 102 cm³/mol. The highest BCUT2D eigenvalue weighted by molar-refractivity contribution is 5.96. The van der Waals surface area contributed by atoms with Gasteiger partial charge in [-0.25, -0.2) is 0 Å². The zero-order valence-corrected chi connectivity index (χ0v) is 15.5.